The largest absolute Gasteiger partial charge is 0.371 e. The average Bonchev–Trinajstić information content (AvgIpc) is 3.26. The smallest absolute Gasteiger partial charge is 0.0625 e. The van der Waals surface area contributed by atoms with Crippen LogP contribution in [0.5, 0.6) is 0 Å². The molecule has 0 amide bonds. The Bertz CT molecular complexity index is 721. The number of anilines is 1. The summed E-state index contributed by atoms with van der Waals surface area (Å²) in [5.74, 6) is 0. The fourth-order valence-corrected chi connectivity index (χ4v) is 4.61. The lowest BCUT2D eigenvalue weighted by Gasteiger charge is -2.34. The van der Waals surface area contributed by atoms with Crippen molar-refractivity contribution in [3.63, 3.8) is 0 Å². The van der Waals surface area contributed by atoms with Crippen LogP contribution in [0.1, 0.15) is 53.8 Å². The summed E-state index contributed by atoms with van der Waals surface area (Å²) in [5.41, 5.74) is 8.39. The third kappa shape index (κ3) is 3.80. The van der Waals surface area contributed by atoms with Crippen LogP contribution in [0.15, 0.2) is 18.2 Å². The molecule has 2 aromatic rings. The van der Waals surface area contributed by atoms with Gasteiger partial charge in [0.1, 0.15) is 0 Å². The highest BCUT2D eigenvalue weighted by atomic mass is 15.1. The number of benzene rings is 1. The van der Waals surface area contributed by atoms with E-state index in [1.807, 2.05) is 0 Å². The molecule has 1 aliphatic heterocycles. The van der Waals surface area contributed by atoms with Gasteiger partial charge in [-0.25, -0.2) is 0 Å². The van der Waals surface area contributed by atoms with Crippen LogP contribution in [0.3, 0.4) is 0 Å². The molecule has 140 valence electrons. The Hall–Kier alpha value is -1.81. The number of aromatic nitrogens is 2. The maximum atomic E-state index is 4.29. The van der Waals surface area contributed by atoms with E-state index in [-0.39, 0.29) is 0 Å². The number of hydrogen-bond donors (Lipinski definition) is 2. The molecule has 1 aliphatic carbocycles. The SMILES string of the molecule is Cc1n[nH]c(C)c1CCCNC1CCN(c2ccc3c(c2)CCC3)CC1. The van der Waals surface area contributed by atoms with Crippen molar-refractivity contribution < 1.29 is 0 Å². The van der Waals surface area contributed by atoms with Crippen molar-refractivity contribution in [3.8, 4) is 0 Å². The van der Waals surface area contributed by atoms with Crippen molar-refractivity contribution in [2.45, 2.75) is 64.8 Å². The van der Waals surface area contributed by atoms with Gasteiger partial charge in [-0.2, -0.15) is 5.10 Å². The van der Waals surface area contributed by atoms with Gasteiger partial charge in [0.05, 0.1) is 5.69 Å². The van der Waals surface area contributed by atoms with Gasteiger partial charge < -0.3 is 10.2 Å². The molecule has 0 unspecified atom stereocenters. The van der Waals surface area contributed by atoms with Gasteiger partial charge in [0, 0.05) is 30.5 Å². The third-order valence-corrected chi connectivity index (χ3v) is 6.26. The van der Waals surface area contributed by atoms with Gasteiger partial charge in [0.2, 0.25) is 0 Å². The van der Waals surface area contributed by atoms with E-state index in [0.717, 1.165) is 18.7 Å². The molecule has 4 heteroatoms. The van der Waals surface area contributed by atoms with E-state index >= 15 is 0 Å². The molecule has 1 aromatic carbocycles. The molecule has 1 aromatic heterocycles. The maximum absolute atomic E-state index is 4.29. The van der Waals surface area contributed by atoms with Crippen LogP contribution in [0, 0.1) is 13.8 Å². The fourth-order valence-electron chi connectivity index (χ4n) is 4.61. The number of nitrogens with one attached hydrogen (secondary N) is 2. The Morgan fingerprint density at radius 1 is 1.15 bits per heavy atom. The van der Waals surface area contributed by atoms with Gasteiger partial charge in [-0.05, 0) is 94.2 Å². The fraction of sp³-hybridized carbons (Fsp3) is 0.591. The average molecular weight is 353 g/mol. The van der Waals surface area contributed by atoms with E-state index in [1.165, 1.54) is 68.6 Å². The molecule has 0 bridgehead atoms. The highest BCUT2D eigenvalue weighted by Crippen LogP contribution is 2.28. The van der Waals surface area contributed by atoms with E-state index in [9.17, 15) is 0 Å². The summed E-state index contributed by atoms with van der Waals surface area (Å²) in [7, 11) is 0. The van der Waals surface area contributed by atoms with Crippen molar-refractivity contribution in [1.82, 2.24) is 15.5 Å². The lowest BCUT2D eigenvalue weighted by atomic mass is 10.0. The Labute approximate surface area is 157 Å². The standard InChI is InChI=1S/C22H32N4/c1-16-22(17(2)25-24-16)7-4-12-23-20-10-13-26(14-11-20)21-9-8-18-5-3-6-19(18)15-21/h8-9,15,20,23H,3-7,10-14H2,1-2H3,(H,24,25). The van der Waals surface area contributed by atoms with Crippen LogP contribution < -0.4 is 10.2 Å². The predicted molar refractivity (Wildman–Crippen MR) is 108 cm³/mol. The van der Waals surface area contributed by atoms with E-state index in [0.29, 0.717) is 6.04 Å². The van der Waals surface area contributed by atoms with Gasteiger partial charge >= 0.3 is 0 Å². The van der Waals surface area contributed by atoms with Crippen molar-refractivity contribution in [3.05, 3.63) is 46.3 Å². The minimum absolute atomic E-state index is 0.673. The second-order valence-electron chi connectivity index (χ2n) is 8.04. The Balaban J connectivity index is 1.20. The zero-order valence-electron chi connectivity index (χ0n) is 16.3. The van der Waals surface area contributed by atoms with Gasteiger partial charge in [0.25, 0.3) is 0 Å². The second kappa shape index (κ2) is 7.83. The molecule has 0 radical (unpaired) electrons. The van der Waals surface area contributed by atoms with Gasteiger partial charge in [0.15, 0.2) is 0 Å². The summed E-state index contributed by atoms with van der Waals surface area (Å²) >= 11 is 0. The number of aryl methyl sites for hydroxylation is 4. The number of piperidine rings is 1. The number of aromatic amines is 1. The molecule has 2 N–H and O–H groups in total. The van der Waals surface area contributed by atoms with Crippen LogP contribution in [0.2, 0.25) is 0 Å². The van der Waals surface area contributed by atoms with E-state index in [2.05, 4.69) is 52.5 Å². The molecular formula is C22H32N4. The molecule has 1 saturated heterocycles. The number of fused-ring (bicyclic) bond motifs is 1. The maximum Gasteiger partial charge on any atom is 0.0625 e. The van der Waals surface area contributed by atoms with E-state index < -0.39 is 0 Å². The van der Waals surface area contributed by atoms with Gasteiger partial charge in [-0.3, -0.25) is 5.10 Å². The Kier molecular flexibility index (Phi) is 5.30. The summed E-state index contributed by atoms with van der Waals surface area (Å²) in [5, 5.41) is 11.2. The second-order valence-corrected chi connectivity index (χ2v) is 8.04. The summed E-state index contributed by atoms with van der Waals surface area (Å²) in [6.07, 6.45) is 8.70. The highest BCUT2D eigenvalue weighted by Gasteiger charge is 2.20. The minimum atomic E-state index is 0.673. The zero-order valence-corrected chi connectivity index (χ0v) is 16.3. The third-order valence-electron chi connectivity index (χ3n) is 6.26. The van der Waals surface area contributed by atoms with Crippen molar-refractivity contribution in [1.29, 1.82) is 0 Å². The van der Waals surface area contributed by atoms with Crippen LogP contribution in [-0.2, 0) is 19.3 Å². The molecule has 26 heavy (non-hydrogen) atoms. The molecule has 4 rings (SSSR count). The monoisotopic (exact) mass is 352 g/mol. The van der Waals surface area contributed by atoms with Gasteiger partial charge in [-0.1, -0.05) is 6.07 Å². The molecule has 4 nitrogen and oxygen atoms in total. The van der Waals surface area contributed by atoms with Crippen LogP contribution >= 0.6 is 0 Å². The topological polar surface area (TPSA) is 44.0 Å². The number of H-pyrrole nitrogens is 1. The first kappa shape index (κ1) is 17.6. The molecule has 1 fully saturated rings. The first-order chi connectivity index (χ1) is 12.7. The van der Waals surface area contributed by atoms with Crippen molar-refractivity contribution in [2.24, 2.45) is 0 Å². The number of hydrogen-bond acceptors (Lipinski definition) is 3. The molecule has 0 spiro atoms. The van der Waals surface area contributed by atoms with E-state index in [1.54, 1.807) is 11.1 Å². The first-order valence-electron chi connectivity index (χ1n) is 10.3. The van der Waals surface area contributed by atoms with Crippen molar-refractivity contribution >= 4 is 5.69 Å². The van der Waals surface area contributed by atoms with Crippen LogP contribution in [-0.4, -0.2) is 35.9 Å². The molecular weight excluding hydrogens is 320 g/mol. The lowest BCUT2D eigenvalue weighted by molar-refractivity contribution is 0.413. The summed E-state index contributed by atoms with van der Waals surface area (Å²) < 4.78 is 0. The summed E-state index contributed by atoms with van der Waals surface area (Å²) in [4.78, 5) is 2.58. The Morgan fingerprint density at radius 3 is 2.73 bits per heavy atom. The molecule has 0 saturated carbocycles. The van der Waals surface area contributed by atoms with Crippen LogP contribution in [0.4, 0.5) is 5.69 Å². The Morgan fingerprint density at radius 2 is 1.96 bits per heavy atom. The van der Waals surface area contributed by atoms with Crippen molar-refractivity contribution in [2.75, 3.05) is 24.5 Å². The molecule has 0 atom stereocenters. The summed E-state index contributed by atoms with van der Waals surface area (Å²) in [6.45, 7) is 7.68. The van der Waals surface area contributed by atoms with E-state index in [4.69, 9.17) is 0 Å². The van der Waals surface area contributed by atoms with Gasteiger partial charge in [-0.15, -0.1) is 0 Å². The molecule has 2 aliphatic rings. The lowest BCUT2D eigenvalue weighted by Crippen LogP contribution is -2.42. The number of rotatable bonds is 6. The predicted octanol–water partition coefficient (Wildman–Crippen LogP) is 3.71. The minimum Gasteiger partial charge on any atom is -0.371 e. The summed E-state index contributed by atoms with van der Waals surface area (Å²) in [6, 6.07) is 7.83. The highest BCUT2D eigenvalue weighted by molar-refractivity contribution is 5.52. The zero-order chi connectivity index (χ0) is 17.9. The normalized spacial score (nSPS) is 17.7. The first-order valence-corrected chi connectivity index (χ1v) is 10.3. The quantitative estimate of drug-likeness (QED) is 0.779. The van der Waals surface area contributed by atoms with Crippen LogP contribution in [0.25, 0.3) is 0 Å². The number of nitrogens with zero attached hydrogens (tertiary/aromatic N) is 2. The molecule has 2 heterocycles.